The van der Waals surface area contributed by atoms with E-state index in [9.17, 15) is 0 Å². The lowest BCUT2D eigenvalue weighted by molar-refractivity contribution is 0.536. The number of para-hydroxylation sites is 1. The lowest BCUT2D eigenvalue weighted by Gasteiger charge is -2.25. The molecule has 1 atom stereocenters. The van der Waals surface area contributed by atoms with E-state index in [1.54, 1.807) is 0 Å². The van der Waals surface area contributed by atoms with Gasteiger partial charge in [0.15, 0.2) is 0 Å². The summed E-state index contributed by atoms with van der Waals surface area (Å²) >= 11 is 0. The van der Waals surface area contributed by atoms with E-state index >= 15 is 0 Å². The van der Waals surface area contributed by atoms with Gasteiger partial charge in [-0.3, -0.25) is 0 Å². The molecule has 0 aromatic heterocycles. The SMILES string of the molecule is NC1(c2ccccc2)Cc2ccccc2N1. The topological polar surface area (TPSA) is 38.0 Å². The van der Waals surface area contributed by atoms with Crippen molar-refractivity contribution in [3.05, 3.63) is 65.7 Å². The summed E-state index contributed by atoms with van der Waals surface area (Å²) < 4.78 is 0. The predicted octanol–water partition coefficient (Wildman–Crippen LogP) is 2.47. The summed E-state index contributed by atoms with van der Waals surface area (Å²) in [6.07, 6.45) is 0.840. The predicted molar refractivity (Wildman–Crippen MR) is 66.1 cm³/mol. The standard InChI is InChI=1S/C14H14N2/c15-14(12-7-2-1-3-8-12)10-11-6-4-5-9-13(11)16-14/h1-9,16H,10,15H2. The van der Waals surface area contributed by atoms with Gasteiger partial charge in [0.25, 0.3) is 0 Å². The molecule has 1 aliphatic rings. The highest BCUT2D eigenvalue weighted by Gasteiger charge is 2.33. The van der Waals surface area contributed by atoms with Crippen LogP contribution in [-0.2, 0) is 12.1 Å². The van der Waals surface area contributed by atoms with Crippen LogP contribution in [0.1, 0.15) is 11.1 Å². The first-order chi connectivity index (χ1) is 7.78. The van der Waals surface area contributed by atoms with Crippen LogP contribution in [0.3, 0.4) is 0 Å². The summed E-state index contributed by atoms with van der Waals surface area (Å²) in [5.41, 5.74) is 9.53. The zero-order valence-electron chi connectivity index (χ0n) is 8.98. The molecule has 0 radical (unpaired) electrons. The van der Waals surface area contributed by atoms with Crippen molar-refractivity contribution in [1.29, 1.82) is 0 Å². The van der Waals surface area contributed by atoms with Gasteiger partial charge in [-0.1, -0.05) is 48.5 Å². The summed E-state index contributed by atoms with van der Waals surface area (Å²) in [5, 5.41) is 3.40. The highest BCUT2D eigenvalue weighted by molar-refractivity contribution is 5.60. The largest absolute Gasteiger partial charge is 0.363 e. The highest BCUT2D eigenvalue weighted by Crippen LogP contribution is 2.35. The molecule has 0 saturated heterocycles. The van der Waals surface area contributed by atoms with Crippen LogP contribution in [0.25, 0.3) is 0 Å². The summed E-state index contributed by atoms with van der Waals surface area (Å²) in [6, 6.07) is 18.5. The summed E-state index contributed by atoms with van der Waals surface area (Å²) in [6.45, 7) is 0. The van der Waals surface area contributed by atoms with Gasteiger partial charge < -0.3 is 11.1 Å². The van der Waals surface area contributed by atoms with E-state index < -0.39 is 5.66 Å². The van der Waals surface area contributed by atoms with Crippen LogP contribution in [0, 0.1) is 0 Å². The van der Waals surface area contributed by atoms with Crippen LogP contribution in [0.4, 0.5) is 5.69 Å². The molecule has 3 N–H and O–H groups in total. The molecule has 0 saturated carbocycles. The minimum absolute atomic E-state index is 0.453. The Morgan fingerprint density at radius 1 is 0.938 bits per heavy atom. The average molecular weight is 210 g/mol. The molecule has 16 heavy (non-hydrogen) atoms. The zero-order chi connectivity index (χ0) is 11.0. The number of nitrogens with two attached hydrogens (primary N) is 1. The van der Waals surface area contributed by atoms with Crippen molar-refractivity contribution in [2.24, 2.45) is 5.73 Å². The van der Waals surface area contributed by atoms with Crippen molar-refractivity contribution >= 4 is 5.69 Å². The molecule has 2 heteroatoms. The third-order valence-electron chi connectivity index (χ3n) is 3.13. The maximum Gasteiger partial charge on any atom is 0.116 e. The van der Waals surface area contributed by atoms with Gasteiger partial charge in [-0.2, -0.15) is 0 Å². The first-order valence-corrected chi connectivity index (χ1v) is 5.48. The monoisotopic (exact) mass is 210 g/mol. The van der Waals surface area contributed by atoms with Gasteiger partial charge in [0.2, 0.25) is 0 Å². The molecule has 3 rings (SSSR count). The molecule has 2 nitrogen and oxygen atoms in total. The molecule has 1 heterocycles. The van der Waals surface area contributed by atoms with E-state index in [2.05, 4.69) is 35.6 Å². The van der Waals surface area contributed by atoms with Gasteiger partial charge in [-0.15, -0.1) is 0 Å². The fraction of sp³-hybridized carbons (Fsp3) is 0.143. The van der Waals surface area contributed by atoms with Crippen LogP contribution in [-0.4, -0.2) is 0 Å². The molecule has 2 aromatic rings. The van der Waals surface area contributed by atoms with Gasteiger partial charge in [-0.25, -0.2) is 0 Å². The summed E-state index contributed by atoms with van der Waals surface area (Å²) in [7, 11) is 0. The fourth-order valence-corrected chi connectivity index (χ4v) is 2.29. The quantitative estimate of drug-likeness (QED) is 0.758. The normalized spacial score (nSPS) is 22.6. The van der Waals surface area contributed by atoms with Crippen LogP contribution in [0.15, 0.2) is 54.6 Å². The third-order valence-corrected chi connectivity index (χ3v) is 3.13. The van der Waals surface area contributed by atoms with Crippen LogP contribution in [0.2, 0.25) is 0 Å². The Balaban J connectivity index is 2.01. The Bertz CT molecular complexity index is 480. The Hall–Kier alpha value is -1.80. The Labute approximate surface area is 95.1 Å². The molecule has 1 aliphatic heterocycles. The van der Waals surface area contributed by atoms with Gasteiger partial charge >= 0.3 is 0 Å². The average Bonchev–Trinajstić information content (AvgIpc) is 2.68. The summed E-state index contributed by atoms with van der Waals surface area (Å²) in [4.78, 5) is 0. The number of fused-ring (bicyclic) bond motifs is 1. The number of hydrogen-bond acceptors (Lipinski definition) is 2. The second-order valence-corrected chi connectivity index (χ2v) is 4.30. The fourth-order valence-electron chi connectivity index (χ4n) is 2.29. The van der Waals surface area contributed by atoms with Crippen LogP contribution in [0.5, 0.6) is 0 Å². The summed E-state index contributed by atoms with van der Waals surface area (Å²) in [5.74, 6) is 0. The molecular formula is C14H14N2. The van der Waals surface area contributed by atoms with E-state index in [-0.39, 0.29) is 0 Å². The maximum absolute atomic E-state index is 6.42. The lowest BCUT2D eigenvalue weighted by Crippen LogP contribution is -2.42. The zero-order valence-corrected chi connectivity index (χ0v) is 8.98. The molecule has 1 unspecified atom stereocenters. The number of rotatable bonds is 1. The smallest absolute Gasteiger partial charge is 0.116 e. The van der Waals surface area contributed by atoms with E-state index in [0.29, 0.717) is 0 Å². The van der Waals surface area contributed by atoms with E-state index in [0.717, 1.165) is 17.7 Å². The number of nitrogens with one attached hydrogen (secondary N) is 1. The third kappa shape index (κ3) is 1.39. The minimum atomic E-state index is -0.453. The van der Waals surface area contributed by atoms with Crippen molar-refractivity contribution in [2.45, 2.75) is 12.1 Å². The first kappa shape index (κ1) is 9.43. The molecule has 80 valence electrons. The van der Waals surface area contributed by atoms with E-state index in [1.807, 2.05) is 24.3 Å². The second kappa shape index (κ2) is 3.35. The lowest BCUT2D eigenvalue weighted by atomic mass is 9.97. The Kier molecular flexibility index (Phi) is 1.98. The number of benzene rings is 2. The Morgan fingerprint density at radius 3 is 2.38 bits per heavy atom. The highest BCUT2D eigenvalue weighted by atomic mass is 15.1. The van der Waals surface area contributed by atoms with E-state index in [4.69, 9.17) is 5.73 Å². The number of hydrogen-bond donors (Lipinski definition) is 2. The van der Waals surface area contributed by atoms with Gasteiger partial charge in [0.1, 0.15) is 5.66 Å². The van der Waals surface area contributed by atoms with E-state index in [1.165, 1.54) is 5.56 Å². The van der Waals surface area contributed by atoms with Crippen molar-refractivity contribution in [3.8, 4) is 0 Å². The van der Waals surface area contributed by atoms with Crippen molar-refractivity contribution in [1.82, 2.24) is 0 Å². The van der Waals surface area contributed by atoms with Crippen LogP contribution < -0.4 is 11.1 Å². The van der Waals surface area contributed by atoms with Crippen molar-refractivity contribution in [2.75, 3.05) is 5.32 Å². The molecule has 0 amide bonds. The molecule has 0 fully saturated rings. The van der Waals surface area contributed by atoms with Crippen molar-refractivity contribution in [3.63, 3.8) is 0 Å². The second-order valence-electron chi connectivity index (χ2n) is 4.30. The molecule has 0 aliphatic carbocycles. The maximum atomic E-state index is 6.42. The first-order valence-electron chi connectivity index (χ1n) is 5.48. The molecule has 0 bridgehead atoms. The van der Waals surface area contributed by atoms with Gasteiger partial charge in [-0.05, 0) is 17.2 Å². The van der Waals surface area contributed by atoms with Crippen molar-refractivity contribution < 1.29 is 0 Å². The van der Waals surface area contributed by atoms with Crippen LogP contribution >= 0.6 is 0 Å². The molecular weight excluding hydrogens is 196 g/mol. The van der Waals surface area contributed by atoms with Gasteiger partial charge in [0.05, 0.1) is 0 Å². The minimum Gasteiger partial charge on any atom is -0.363 e. The number of anilines is 1. The Morgan fingerprint density at radius 2 is 1.62 bits per heavy atom. The van der Waals surface area contributed by atoms with Gasteiger partial charge in [0, 0.05) is 12.1 Å². The molecule has 0 spiro atoms. The molecule has 2 aromatic carbocycles.